The predicted octanol–water partition coefficient (Wildman–Crippen LogP) is 1.21. The molecule has 1 aromatic heterocycles. The minimum absolute atomic E-state index is 0.0284. The monoisotopic (exact) mass is 299 g/mol. The second-order valence-corrected chi connectivity index (χ2v) is 5.60. The Labute approximate surface area is 119 Å². The maximum absolute atomic E-state index is 12.3. The second-order valence-electron chi connectivity index (χ2n) is 4.81. The fourth-order valence-electron chi connectivity index (χ4n) is 2.64. The van der Waals surface area contributed by atoms with Gasteiger partial charge in [-0.15, -0.1) is 0 Å². The van der Waals surface area contributed by atoms with E-state index in [2.05, 4.69) is 10.3 Å². The van der Waals surface area contributed by atoms with Crippen LogP contribution in [0, 0.1) is 11.8 Å². The van der Waals surface area contributed by atoms with Crippen LogP contribution in [0.4, 0.5) is 0 Å². The maximum Gasteiger partial charge on any atom is 0.256 e. The Morgan fingerprint density at radius 2 is 2.21 bits per heavy atom. The number of hydrogen-bond acceptors (Lipinski definition) is 3. The minimum atomic E-state index is -0.198. The second kappa shape index (κ2) is 4.65. The van der Waals surface area contributed by atoms with E-state index in [-0.39, 0.29) is 33.8 Å². The van der Waals surface area contributed by atoms with E-state index in [0.29, 0.717) is 25.2 Å². The molecule has 2 atom stereocenters. The fourth-order valence-corrected chi connectivity index (χ4v) is 3.09. The summed E-state index contributed by atoms with van der Waals surface area (Å²) in [6.45, 7) is 1.65. The summed E-state index contributed by atoms with van der Waals surface area (Å²) in [7, 11) is 0. The third kappa shape index (κ3) is 2.17. The number of rotatable bonds is 1. The van der Waals surface area contributed by atoms with Crippen LogP contribution in [0.25, 0.3) is 0 Å². The van der Waals surface area contributed by atoms with Crippen molar-refractivity contribution in [1.82, 2.24) is 15.2 Å². The summed E-state index contributed by atoms with van der Waals surface area (Å²) in [6, 6.07) is 1.44. The predicted molar refractivity (Wildman–Crippen MR) is 70.2 cm³/mol. The van der Waals surface area contributed by atoms with E-state index >= 15 is 0 Å². The van der Waals surface area contributed by atoms with Crippen molar-refractivity contribution in [2.75, 3.05) is 19.6 Å². The van der Waals surface area contributed by atoms with Crippen molar-refractivity contribution in [3.05, 3.63) is 28.0 Å². The molecule has 0 spiro atoms. The number of fused-ring (bicyclic) bond motifs is 1. The lowest BCUT2D eigenvalue weighted by Crippen LogP contribution is -2.33. The molecule has 5 nitrogen and oxygen atoms in total. The molecule has 1 aromatic rings. The Bertz CT molecular complexity index is 564. The molecule has 0 bridgehead atoms. The lowest BCUT2D eigenvalue weighted by atomic mass is 10.0. The van der Waals surface area contributed by atoms with Gasteiger partial charge in [0.05, 0.1) is 16.5 Å². The van der Waals surface area contributed by atoms with Crippen molar-refractivity contribution >= 4 is 35.0 Å². The number of halogens is 2. The standard InChI is InChI=1S/C12H11Cl2N3O2/c13-9-1-10(14)15-3-7(9)12(19)17-4-6-2-16-11(18)8(6)5-17/h1,3,6,8H,2,4-5H2,(H,16,18)/t6-,8+/m1/s1. The number of aromatic nitrogens is 1. The van der Waals surface area contributed by atoms with Crippen LogP contribution in [0.2, 0.25) is 10.2 Å². The van der Waals surface area contributed by atoms with E-state index < -0.39 is 0 Å². The van der Waals surface area contributed by atoms with E-state index in [4.69, 9.17) is 23.2 Å². The molecule has 19 heavy (non-hydrogen) atoms. The Balaban J connectivity index is 1.80. The molecule has 7 heteroatoms. The number of carbonyl (C=O) groups is 2. The van der Waals surface area contributed by atoms with Crippen LogP contribution in [0.1, 0.15) is 10.4 Å². The molecule has 0 aromatic carbocycles. The van der Waals surface area contributed by atoms with Gasteiger partial charge in [0.25, 0.3) is 5.91 Å². The number of likely N-dealkylation sites (tertiary alicyclic amines) is 1. The highest BCUT2D eigenvalue weighted by molar-refractivity contribution is 6.36. The van der Waals surface area contributed by atoms with Gasteiger partial charge in [0.2, 0.25) is 5.91 Å². The van der Waals surface area contributed by atoms with Crippen molar-refractivity contribution in [3.8, 4) is 0 Å². The van der Waals surface area contributed by atoms with Gasteiger partial charge in [0, 0.05) is 31.7 Å². The first kappa shape index (κ1) is 12.7. The van der Waals surface area contributed by atoms with Gasteiger partial charge < -0.3 is 10.2 Å². The Morgan fingerprint density at radius 1 is 1.42 bits per heavy atom. The summed E-state index contributed by atoms with van der Waals surface area (Å²) in [5.74, 6) is -0.0598. The maximum atomic E-state index is 12.3. The van der Waals surface area contributed by atoms with Gasteiger partial charge in [-0.25, -0.2) is 4.98 Å². The SMILES string of the molecule is O=C1NC[C@@H]2CN(C(=O)c3cnc(Cl)cc3Cl)C[C@H]12. The summed E-state index contributed by atoms with van der Waals surface area (Å²) in [4.78, 5) is 29.4. The van der Waals surface area contributed by atoms with Crippen LogP contribution in [-0.4, -0.2) is 41.3 Å². The molecule has 0 radical (unpaired) electrons. The van der Waals surface area contributed by atoms with Gasteiger partial charge >= 0.3 is 0 Å². The molecule has 2 saturated heterocycles. The van der Waals surface area contributed by atoms with Crippen LogP contribution < -0.4 is 5.32 Å². The number of hydrogen-bond donors (Lipinski definition) is 1. The third-order valence-corrected chi connectivity index (χ3v) is 4.17. The Morgan fingerprint density at radius 3 is 2.89 bits per heavy atom. The molecule has 2 amide bonds. The molecule has 0 saturated carbocycles. The molecule has 100 valence electrons. The van der Waals surface area contributed by atoms with Crippen molar-refractivity contribution in [2.24, 2.45) is 11.8 Å². The van der Waals surface area contributed by atoms with Crippen molar-refractivity contribution in [2.45, 2.75) is 0 Å². The summed E-state index contributed by atoms with van der Waals surface area (Å²) in [5, 5.41) is 3.34. The molecule has 2 aliphatic rings. The quantitative estimate of drug-likeness (QED) is 0.793. The summed E-state index contributed by atoms with van der Waals surface area (Å²) in [6.07, 6.45) is 1.38. The van der Waals surface area contributed by atoms with Crippen molar-refractivity contribution < 1.29 is 9.59 Å². The molecule has 2 fully saturated rings. The fraction of sp³-hybridized carbons (Fsp3) is 0.417. The average molecular weight is 300 g/mol. The summed E-state index contributed by atoms with van der Waals surface area (Å²) in [5.41, 5.74) is 0.325. The normalized spacial score (nSPS) is 25.4. The topological polar surface area (TPSA) is 62.3 Å². The van der Waals surface area contributed by atoms with Gasteiger partial charge in [-0.05, 0) is 6.07 Å². The van der Waals surface area contributed by atoms with Crippen LogP contribution in [0.5, 0.6) is 0 Å². The largest absolute Gasteiger partial charge is 0.355 e. The Kier molecular flexibility index (Phi) is 3.11. The molecular weight excluding hydrogens is 289 g/mol. The van der Waals surface area contributed by atoms with E-state index in [9.17, 15) is 9.59 Å². The molecule has 1 N–H and O–H groups in total. The zero-order valence-corrected chi connectivity index (χ0v) is 11.4. The lowest BCUT2D eigenvalue weighted by Gasteiger charge is -2.17. The highest BCUT2D eigenvalue weighted by Gasteiger charge is 2.43. The first-order valence-electron chi connectivity index (χ1n) is 5.94. The lowest BCUT2D eigenvalue weighted by molar-refractivity contribution is -0.122. The first-order valence-corrected chi connectivity index (χ1v) is 6.70. The van der Waals surface area contributed by atoms with E-state index in [0.717, 1.165) is 0 Å². The van der Waals surface area contributed by atoms with Gasteiger partial charge in [0.15, 0.2) is 0 Å². The molecule has 0 aliphatic carbocycles. The zero-order valence-electron chi connectivity index (χ0n) is 9.90. The van der Waals surface area contributed by atoms with Gasteiger partial charge in [-0.1, -0.05) is 23.2 Å². The van der Waals surface area contributed by atoms with Crippen LogP contribution in [0.3, 0.4) is 0 Å². The molecular formula is C12H11Cl2N3O2. The number of carbonyl (C=O) groups excluding carboxylic acids is 2. The van der Waals surface area contributed by atoms with Gasteiger partial charge in [-0.3, -0.25) is 9.59 Å². The number of nitrogens with zero attached hydrogens (tertiary/aromatic N) is 2. The average Bonchev–Trinajstić information content (AvgIpc) is 2.91. The van der Waals surface area contributed by atoms with Gasteiger partial charge in [0.1, 0.15) is 5.15 Å². The highest BCUT2D eigenvalue weighted by Crippen LogP contribution is 2.29. The van der Waals surface area contributed by atoms with Gasteiger partial charge in [-0.2, -0.15) is 0 Å². The van der Waals surface area contributed by atoms with E-state index in [1.54, 1.807) is 4.90 Å². The Hall–Kier alpha value is -1.33. The summed E-state index contributed by atoms with van der Waals surface area (Å²) >= 11 is 11.7. The third-order valence-electron chi connectivity index (χ3n) is 3.65. The van der Waals surface area contributed by atoms with Crippen LogP contribution in [0.15, 0.2) is 12.3 Å². The smallest absolute Gasteiger partial charge is 0.256 e. The highest BCUT2D eigenvalue weighted by atomic mass is 35.5. The number of pyridine rings is 1. The zero-order chi connectivity index (χ0) is 13.6. The minimum Gasteiger partial charge on any atom is -0.355 e. The van der Waals surface area contributed by atoms with E-state index in [1.165, 1.54) is 12.3 Å². The molecule has 3 rings (SSSR count). The van der Waals surface area contributed by atoms with E-state index in [1.807, 2.05) is 0 Å². The first-order chi connectivity index (χ1) is 9.06. The number of nitrogens with one attached hydrogen (secondary N) is 1. The molecule has 3 heterocycles. The number of amides is 2. The molecule has 0 unspecified atom stereocenters. The van der Waals surface area contributed by atoms with Crippen LogP contribution in [-0.2, 0) is 4.79 Å². The summed E-state index contributed by atoms with van der Waals surface area (Å²) < 4.78 is 0. The van der Waals surface area contributed by atoms with Crippen molar-refractivity contribution in [3.63, 3.8) is 0 Å². The molecule has 2 aliphatic heterocycles. The van der Waals surface area contributed by atoms with Crippen molar-refractivity contribution in [1.29, 1.82) is 0 Å². The van der Waals surface area contributed by atoms with Crippen LogP contribution >= 0.6 is 23.2 Å².